The molecule has 0 bridgehead atoms. The van der Waals surface area contributed by atoms with Crippen LogP contribution in [0.1, 0.15) is 0 Å². The topological polar surface area (TPSA) is 41.3 Å². The molecule has 1 heterocycles. The van der Waals surface area contributed by atoms with E-state index in [1.807, 2.05) is 18.2 Å². The molecule has 1 aliphatic heterocycles. The van der Waals surface area contributed by atoms with Crippen molar-refractivity contribution in [3.63, 3.8) is 0 Å². The Balaban J connectivity index is 2.15. The number of benzene rings is 1. The molecule has 0 saturated carbocycles. The summed E-state index contributed by atoms with van der Waals surface area (Å²) in [5.41, 5.74) is 6.76. The van der Waals surface area contributed by atoms with Crippen LogP contribution in [0, 0.1) is 0 Å². The Morgan fingerprint density at radius 3 is 2.80 bits per heavy atom. The summed E-state index contributed by atoms with van der Waals surface area (Å²) in [6, 6.07) is 10.4. The van der Waals surface area contributed by atoms with E-state index in [0.29, 0.717) is 6.54 Å². The fraction of sp³-hybridized carbons (Fsp3) is 0.455. The predicted octanol–water partition coefficient (Wildman–Crippen LogP) is 0.988. The summed E-state index contributed by atoms with van der Waals surface area (Å²) >= 11 is 6.37. The number of nitrogens with zero attached hydrogens (tertiary/aromatic N) is 1. The molecule has 4 heteroatoms. The molecule has 1 saturated heterocycles. The van der Waals surface area contributed by atoms with Gasteiger partial charge in [-0.2, -0.15) is 0 Å². The van der Waals surface area contributed by atoms with Crippen molar-refractivity contribution in [1.82, 2.24) is 5.32 Å². The highest BCUT2D eigenvalue weighted by Crippen LogP contribution is 2.22. The number of nitrogens with one attached hydrogen (secondary N) is 1. The van der Waals surface area contributed by atoms with Gasteiger partial charge >= 0.3 is 0 Å². The van der Waals surface area contributed by atoms with Crippen LogP contribution in [0.4, 0.5) is 5.69 Å². The van der Waals surface area contributed by atoms with Gasteiger partial charge in [-0.3, -0.25) is 0 Å². The maximum absolute atomic E-state index is 6.37. The fourth-order valence-electron chi connectivity index (χ4n) is 1.89. The summed E-state index contributed by atoms with van der Waals surface area (Å²) in [7, 11) is 0. The second-order valence-corrected chi connectivity index (χ2v) is 4.15. The highest BCUT2D eigenvalue weighted by atomic mass is 35.5. The van der Waals surface area contributed by atoms with Crippen molar-refractivity contribution < 1.29 is 0 Å². The number of halogens is 1. The average Bonchev–Trinajstić information content (AvgIpc) is 2.30. The van der Waals surface area contributed by atoms with Gasteiger partial charge in [0, 0.05) is 25.3 Å². The molecule has 0 aromatic heterocycles. The summed E-state index contributed by atoms with van der Waals surface area (Å²) in [5.74, 6) is 0. The predicted molar refractivity (Wildman–Crippen MR) is 64.3 cm³/mol. The molecule has 1 aromatic carbocycles. The first-order valence-corrected chi connectivity index (χ1v) is 5.66. The van der Waals surface area contributed by atoms with Crippen molar-refractivity contribution in [1.29, 1.82) is 0 Å². The van der Waals surface area contributed by atoms with Crippen molar-refractivity contribution in [2.45, 2.75) is 11.5 Å². The SMILES string of the molecule is NCC1NCCN(c2ccccc2)C1Cl. The van der Waals surface area contributed by atoms with Gasteiger partial charge in [0.15, 0.2) is 0 Å². The summed E-state index contributed by atoms with van der Waals surface area (Å²) in [6.07, 6.45) is 0. The number of hydrogen-bond acceptors (Lipinski definition) is 3. The van der Waals surface area contributed by atoms with Crippen LogP contribution in [0.3, 0.4) is 0 Å². The van der Waals surface area contributed by atoms with Crippen LogP contribution in [-0.2, 0) is 0 Å². The maximum atomic E-state index is 6.37. The summed E-state index contributed by atoms with van der Waals surface area (Å²) in [6.45, 7) is 2.42. The lowest BCUT2D eigenvalue weighted by atomic mass is 10.2. The van der Waals surface area contributed by atoms with Crippen LogP contribution in [0.25, 0.3) is 0 Å². The van der Waals surface area contributed by atoms with Crippen LogP contribution < -0.4 is 16.0 Å². The lowest BCUT2D eigenvalue weighted by molar-refractivity contribution is 0.436. The highest BCUT2D eigenvalue weighted by molar-refractivity contribution is 6.22. The van der Waals surface area contributed by atoms with Gasteiger partial charge in [0.1, 0.15) is 5.50 Å². The number of rotatable bonds is 2. The van der Waals surface area contributed by atoms with Crippen molar-refractivity contribution in [2.24, 2.45) is 5.73 Å². The molecule has 1 fully saturated rings. The smallest absolute Gasteiger partial charge is 0.120 e. The van der Waals surface area contributed by atoms with Crippen molar-refractivity contribution in [3.8, 4) is 0 Å². The van der Waals surface area contributed by atoms with E-state index in [1.54, 1.807) is 0 Å². The fourth-order valence-corrected chi connectivity index (χ4v) is 2.30. The van der Waals surface area contributed by atoms with Gasteiger partial charge in [0.05, 0.1) is 6.04 Å². The zero-order chi connectivity index (χ0) is 10.7. The van der Waals surface area contributed by atoms with Gasteiger partial charge in [-0.15, -0.1) is 0 Å². The van der Waals surface area contributed by atoms with E-state index in [4.69, 9.17) is 17.3 Å². The van der Waals surface area contributed by atoms with Crippen LogP contribution >= 0.6 is 11.6 Å². The Bertz CT molecular complexity index is 304. The minimum absolute atomic E-state index is 0.0637. The molecule has 82 valence electrons. The molecule has 1 aromatic rings. The molecule has 2 unspecified atom stereocenters. The number of piperazine rings is 1. The molecule has 3 nitrogen and oxygen atoms in total. The largest absolute Gasteiger partial charge is 0.352 e. The molecule has 15 heavy (non-hydrogen) atoms. The average molecular weight is 226 g/mol. The first-order chi connectivity index (χ1) is 7.33. The maximum Gasteiger partial charge on any atom is 0.120 e. The summed E-state index contributed by atoms with van der Waals surface area (Å²) < 4.78 is 0. The highest BCUT2D eigenvalue weighted by Gasteiger charge is 2.28. The van der Waals surface area contributed by atoms with E-state index in [9.17, 15) is 0 Å². The van der Waals surface area contributed by atoms with Crippen LogP contribution in [0.2, 0.25) is 0 Å². The van der Waals surface area contributed by atoms with Gasteiger partial charge < -0.3 is 16.0 Å². The Morgan fingerprint density at radius 1 is 1.40 bits per heavy atom. The summed E-state index contributed by atoms with van der Waals surface area (Å²) in [4.78, 5) is 2.19. The van der Waals surface area contributed by atoms with Crippen molar-refractivity contribution in [2.75, 3.05) is 24.5 Å². The van der Waals surface area contributed by atoms with Crippen LogP contribution in [0.15, 0.2) is 30.3 Å². The van der Waals surface area contributed by atoms with Crippen molar-refractivity contribution in [3.05, 3.63) is 30.3 Å². The van der Waals surface area contributed by atoms with Crippen LogP contribution in [-0.4, -0.2) is 31.2 Å². The standard InChI is InChI=1S/C11H16ClN3/c12-11-10(8-13)14-6-7-15(11)9-4-2-1-3-5-9/h1-5,10-11,14H,6-8,13H2. The molecule has 1 aliphatic rings. The second-order valence-electron chi connectivity index (χ2n) is 3.70. The van der Waals surface area contributed by atoms with E-state index >= 15 is 0 Å². The molecule has 2 rings (SSSR count). The van der Waals surface area contributed by atoms with Gasteiger partial charge in [-0.25, -0.2) is 0 Å². The molecule has 0 spiro atoms. The number of para-hydroxylation sites is 1. The monoisotopic (exact) mass is 225 g/mol. The number of anilines is 1. The lowest BCUT2D eigenvalue weighted by Crippen LogP contribution is -2.58. The zero-order valence-electron chi connectivity index (χ0n) is 8.57. The van der Waals surface area contributed by atoms with Gasteiger partial charge in [0.2, 0.25) is 0 Å². The minimum atomic E-state index is -0.0637. The van der Waals surface area contributed by atoms with Gasteiger partial charge in [-0.1, -0.05) is 29.8 Å². The first kappa shape index (κ1) is 10.7. The Labute approximate surface area is 95.2 Å². The quantitative estimate of drug-likeness (QED) is 0.583. The molecule has 2 atom stereocenters. The molecular weight excluding hydrogens is 210 g/mol. The minimum Gasteiger partial charge on any atom is -0.352 e. The number of nitrogens with two attached hydrogens (primary N) is 1. The molecule has 0 radical (unpaired) electrons. The van der Waals surface area contributed by atoms with Gasteiger partial charge in [0.25, 0.3) is 0 Å². The summed E-state index contributed by atoms with van der Waals surface area (Å²) in [5, 5.41) is 3.32. The number of alkyl halides is 1. The van der Waals surface area contributed by atoms with E-state index in [0.717, 1.165) is 18.8 Å². The molecular formula is C11H16ClN3. The third-order valence-electron chi connectivity index (χ3n) is 2.73. The van der Waals surface area contributed by atoms with E-state index in [1.165, 1.54) is 0 Å². The van der Waals surface area contributed by atoms with E-state index < -0.39 is 0 Å². The van der Waals surface area contributed by atoms with Crippen LogP contribution in [0.5, 0.6) is 0 Å². The normalized spacial score (nSPS) is 26.7. The second kappa shape index (κ2) is 4.84. The Morgan fingerprint density at radius 2 is 2.13 bits per heavy atom. The Kier molecular flexibility index (Phi) is 3.46. The third-order valence-corrected chi connectivity index (χ3v) is 3.27. The zero-order valence-corrected chi connectivity index (χ0v) is 9.32. The van der Waals surface area contributed by atoms with E-state index in [2.05, 4.69) is 22.3 Å². The molecule has 0 amide bonds. The molecule has 3 N–H and O–H groups in total. The molecule has 0 aliphatic carbocycles. The third kappa shape index (κ3) is 2.25. The number of hydrogen-bond donors (Lipinski definition) is 2. The van der Waals surface area contributed by atoms with Crippen molar-refractivity contribution >= 4 is 17.3 Å². The lowest BCUT2D eigenvalue weighted by Gasteiger charge is -2.39. The Hall–Kier alpha value is -0.770. The van der Waals surface area contributed by atoms with Gasteiger partial charge in [-0.05, 0) is 12.1 Å². The van der Waals surface area contributed by atoms with E-state index in [-0.39, 0.29) is 11.5 Å². The first-order valence-electron chi connectivity index (χ1n) is 5.22.